The lowest BCUT2D eigenvalue weighted by Gasteiger charge is -2.37. The zero-order valence-corrected chi connectivity index (χ0v) is 19.2. The van der Waals surface area contributed by atoms with E-state index < -0.39 is 5.60 Å². The molecular formula is C22H35BN2O4. The van der Waals surface area contributed by atoms with E-state index in [0.29, 0.717) is 13.1 Å². The lowest BCUT2D eigenvalue weighted by Crippen LogP contribution is -2.50. The SMILES string of the molecule is Cc1cc(B2OC(C)(C)C(C)(C)O2)cc(N2CCN(C(=O)OC(C)(C)C)CC2)c1. The third-order valence-electron chi connectivity index (χ3n) is 5.91. The minimum absolute atomic E-state index is 0.237. The van der Waals surface area contributed by atoms with E-state index in [0.717, 1.165) is 24.2 Å². The summed E-state index contributed by atoms with van der Waals surface area (Å²) in [7, 11) is -0.373. The number of nitrogens with zero attached hydrogens (tertiary/aromatic N) is 2. The third-order valence-corrected chi connectivity index (χ3v) is 5.91. The first-order valence-electron chi connectivity index (χ1n) is 10.5. The van der Waals surface area contributed by atoms with Gasteiger partial charge in [-0.15, -0.1) is 0 Å². The van der Waals surface area contributed by atoms with Gasteiger partial charge in [0.25, 0.3) is 0 Å². The van der Waals surface area contributed by atoms with Crippen molar-refractivity contribution in [3.05, 3.63) is 23.8 Å². The number of carbonyl (C=O) groups is 1. The van der Waals surface area contributed by atoms with Gasteiger partial charge in [-0.1, -0.05) is 6.07 Å². The van der Waals surface area contributed by atoms with Gasteiger partial charge in [0.15, 0.2) is 0 Å². The van der Waals surface area contributed by atoms with Crippen molar-refractivity contribution < 1.29 is 18.8 Å². The molecule has 2 saturated heterocycles. The number of rotatable bonds is 2. The maximum absolute atomic E-state index is 12.3. The molecule has 0 radical (unpaired) electrons. The average Bonchev–Trinajstić information content (AvgIpc) is 2.81. The van der Waals surface area contributed by atoms with Gasteiger partial charge < -0.3 is 23.8 Å². The summed E-state index contributed by atoms with van der Waals surface area (Å²) in [5, 5.41) is 0. The first-order chi connectivity index (χ1) is 13.3. The molecule has 0 bridgehead atoms. The number of hydrogen-bond donors (Lipinski definition) is 0. The second kappa shape index (κ2) is 7.51. The average molecular weight is 402 g/mol. The molecule has 160 valence electrons. The molecule has 2 aliphatic rings. The topological polar surface area (TPSA) is 51.2 Å². The summed E-state index contributed by atoms with van der Waals surface area (Å²) in [6.07, 6.45) is -0.237. The highest BCUT2D eigenvalue weighted by Gasteiger charge is 2.51. The third kappa shape index (κ3) is 4.89. The quantitative estimate of drug-likeness (QED) is 0.711. The van der Waals surface area contributed by atoms with Crippen molar-refractivity contribution >= 4 is 24.4 Å². The number of amides is 1. The molecule has 1 aromatic carbocycles. The van der Waals surface area contributed by atoms with E-state index in [1.54, 1.807) is 4.90 Å². The highest BCUT2D eigenvalue weighted by molar-refractivity contribution is 6.62. The van der Waals surface area contributed by atoms with E-state index in [1.165, 1.54) is 5.56 Å². The second-order valence-corrected chi connectivity index (χ2v) is 10.1. The Hall–Kier alpha value is -1.73. The number of aryl methyl sites for hydroxylation is 1. The van der Waals surface area contributed by atoms with Gasteiger partial charge in [0.2, 0.25) is 0 Å². The molecular weight excluding hydrogens is 367 g/mol. The molecule has 2 fully saturated rings. The molecule has 2 heterocycles. The summed E-state index contributed by atoms with van der Waals surface area (Å²) in [4.78, 5) is 16.4. The smallest absolute Gasteiger partial charge is 0.444 e. The maximum atomic E-state index is 12.3. The van der Waals surface area contributed by atoms with Gasteiger partial charge in [0.1, 0.15) is 5.60 Å². The Bertz CT molecular complexity index is 749. The van der Waals surface area contributed by atoms with Gasteiger partial charge in [0, 0.05) is 31.9 Å². The summed E-state index contributed by atoms with van der Waals surface area (Å²) in [6.45, 7) is 18.9. The minimum Gasteiger partial charge on any atom is -0.444 e. The Kier molecular flexibility index (Phi) is 5.69. The van der Waals surface area contributed by atoms with E-state index >= 15 is 0 Å². The fraction of sp³-hybridized carbons (Fsp3) is 0.682. The molecule has 6 nitrogen and oxygen atoms in total. The molecule has 3 rings (SSSR count). The Balaban J connectivity index is 1.70. The molecule has 1 amide bonds. The van der Waals surface area contributed by atoms with Crippen molar-refractivity contribution in [2.24, 2.45) is 0 Å². The zero-order chi connectivity index (χ0) is 21.6. The molecule has 29 heavy (non-hydrogen) atoms. The Morgan fingerprint density at radius 1 is 1.00 bits per heavy atom. The van der Waals surface area contributed by atoms with Crippen LogP contribution in [0.4, 0.5) is 10.5 Å². The fourth-order valence-electron chi connectivity index (χ4n) is 3.56. The number of benzene rings is 1. The van der Waals surface area contributed by atoms with E-state index in [4.69, 9.17) is 14.0 Å². The van der Waals surface area contributed by atoms with Gasteiger partial charge in [-0.05, 0) is 78.5 Å². The predicted molar refractivity (Wildman–Crippen MR) is 117 cm³/mol. The van der Waals surface area contributed by atoms with Gasteiger partial charge in [-0.25, -0.2) is 4.79 Å². The van der Waals surface area contributed by atoms with E-state index in [-0.39, 0.29) is 24.4 Å². The normalized spacial score (nSPS) is 21.4. The number of ether oxygens (including phenoxy) is 1. The van der Waals surface area contributed by atoms with E-state index in [1.807, 2.05) is 20.8 Å². The van der Waals surface area contributed by atoms with Crippen LogP contribution in [0.5, 0.6) is 0 Å². The lowest BCUT2D eigenvalue weighted by atomic mass is 9.78. The van der Waals surface area contributed by atoms with Crippen molar-refractivity contribution in [2.45, 2.75) is 72.2 Å². The van der Waals surface area contributed by atoms with Crippen molar-refractivity contribution in [1.29, 1.82) is 0 Å². The van der Waals surface area contributed by atoms with Crippen LogP contribution in [0.1, 0.15) is 54.0 Å². The van der Waals surface area contributed by atoms with Crippen LogP contribution < -0.4 is 10.4 Å². The van der Waals surface area contributed by atoms with Crippen LogP contribution in [0.2, 0.25) is 0 Å². The van der Waals surface area contributed by atoms with Crippen molar-refractivity contribution in [3.63, 3.8) is 0 Å². The molecule has 0 N–H and O–H groups in total. The van der Waals surface area contributed by atoms with E-state index in [9.17, 15) is 4.79 Å². The zero-order valence-electron chi connectivity index (χ0n) is 19.2. The van der Waals surface area contributed by atoms with Crippen LogP contribution in [0.3, 0.4) is 0 Å². The van der Waals surface area contributed by atoms with Crippen LogP contribution in [0.15, 0.2) is 18.2 Å². The summed E-state index contributed by atoms with van der Waals surface area (Å²) >= 11 is 0. The summed E-state index contributed by atoms with van der Waals surface area (Å²) in [5.41, 5.74) is 2.15. The Labute approximate surface area is 175 Å². The largest absolute Gasteiger partial charge is 0.494 e. The Morgan fingerprint density at radius 3 is 2.07 bits per heavy atom. The molecule has 0 atom stereocenters. The fourth-order valence-corrected chi connectivity index (χ4v) is 3.56. The molecule has 2 aliphatic heterocycles. The second-order valence-electron chi connectivity index (χ2n) is 10.1. The first kappa shape index (κ1) is 22.0. The van der Waals surface area contributed by atoms with Crippen molar-refractivity contribution in [2.75, 3.05) is 31.1 Å². The summed E-state index contributed by atoms with van der Waals surface area (Å²) in [6, 6.07) is 6.46. The minimum atomic E-state index is -0.470. The van der Waals surface area contributed by atoms with Crippen molar-refractivity contribution in [3.8, 4) is 0 Å². The molecule has 1 aromatic rings. The van der Waals surface area contributed by atoms with Crippen LogP contribution in [-0.4, -0.2) is 61.1 Å². The summed E-state index contributed by atoms with van der Waals surface area (Å²) in [5.74, 6) is 0. The first-order valence-corrected chi connectivity index (χ1v) is 10.5. The van der Waals surface area contributed by atoms with Gasteiger partial charge in [0.05, 0.1) is 11.2 Å². The van der Waals surface area contributed by atoms with Crippen LogP contribution in [-0.2, 0) is 14.0 Å². The molecule has 0 aromatic heterocycles. The molecule has 0 aliphatic carbocycles. The monoisotopic (exact) mass is 402 g/mol. The molecule has 7 heteroatoms. The standard InChI is InChI=1S/C22H35BN2O4/c1-16-13-17(23-28-21(5,6)22(7,8)29-23)15-18(14-16)24-9-11-25(12-10-24)19(26)27-20(2,3)4/h13-15H,9-12H2,1-8H3. The number of anilines is 1. The molecule has 0 spiro atoms. The van der Waals surface area contributed by atoms with Crippen LogP contribution >= 0.6 is 0 Å². The number of hydrogen-bond acceptors (Lipinski definition) is 5. The van der Waals surface area contributed by atoms with Crippen molar-refractivity contribution in [1.82, 2.24) is 4.90 Å². The molecule has 0 unspecified atom stereocenters. The van der Waals surface area contributed by atoms with Gasteiger partial charge in [-0.3, -0.25) is 0 Å². The van der Waals surface area contributed by atoms with E-state index in [2.05, 4.69) is 57.7 Å². The molecule has 0 saturated carbocycles. The number of carbonyl (C=O) groups excluding carboxylic acids is 1. The highest BCUT2D eigenvalue weighted by atomic mass is 16.7. The lowest BCUT2D eigenvalue weighted by molar-refractivity contribution is 0.00578. The number of piperazine rings is 1. The predicted octanol–water partition coefficient (Wildman–Crippen LogP) is 3.35. The maximum Gasteiger partial charge on any atom is 0.494 e. The highest BCUT2D eigenvalue weighted by Crippen LogP contribution is 2.36. The summed E-state index contributed by atoms with van der Waals surface area (Å²) < 4.78 is 18.0. The van der Waals surface area contributed by atoms with Gasteiger partial charge >= 0.3 is 13.2 Å². The van der Waals surface area contributed by atoms with Gasteiger partial charge in [-0.2, -0.15) is 0 Å². The van der Waals surface area contributed by atoms with Crippen LogP contribution in [0.25, 0.3) is 0 Å². The Morgan fingerprint density at radius 2 is 1.55 bits per heavy atom. The van der Waals surface area contributed by atoms with Crippen LogP contribution in [0, 0.1) is 6.92 Å².